The fraction of sp³-hybridized carbons (Fsp3) is 0.476. The minimum Gasteiger partial charge on any atom is -0.356 e. The molecule has 0 bridgehead atoms. The van der Waals surface area contributed by atoms with Gasteiger partial charge in [-0.05, 0) is 30.0 Å². The maximum absolute atomic E-state index is 11.9. The minimum atomic E-state index is 0.0472. The fourth-order valence-corrected chi connectivity index (χ4v) is 3.53. The number of carbonyl (C=O) groups excluding carboxylic acids is 1. The Balaban J connectivity index is 1.79. The van der Waals surface area contributed by atoms with Crippen LogP contribution in [0.25, 0.3) is 0 Å². The number of hydrogen-bond acceptors (Lipinski definition) is 4. The monoisotopic (exact) mass is 401 g/mol. The molecule has 3 N–H and O–H groups in total. The highest BCUT2D eigenvalue weighted by Gasteiger charge is 2.06. The normalized spacial score (nSPS) is 11.5. The smallest absolute Gasteiger partial charge is 0.224 e. The van der Waals surface area contributed by atoms with Crippen LogP contribution < -0.4 is 16.0 Å². The van der Waals surface area contributed by atoms with Crippen molar-refractivity contribution < 1.29 is 4.79 Å². The highest BCUT2D eigenvalue weighted by molar-refractivity contribution is 7.11. The maximum atomic E-state index is 11.9. The van der Waals surface area contributed by atoms with E-state index in [9.17, 15) is 4.79 Å². The summed E-state index contributed by atoms with van der Waals surface area (Å²) in [7, 11) is 1.76. The number of thiazole rings is 1. The molecule has 7 heteroatoms. The number of nitrogens with one attached hydrogen (secondary N) is 3. The Morgan fingerprint density at radius 1 is 1.29 bits per heavy atom. The van der Waals surface area contributed by atoms with E-state index in [-0.39, 0.29) is 5.91 Å². The van der Waals surface area contributed by atoms with Gasteiger partial charge in [-0.25, -0.2) is 4.98 Å². The number of aliphatic imine (C=N–C) groups is 1. The molecule has 6 nitrogen and oxygen atoms in total. The van der Waals surface area contributed by atoms with Gasteiger partial charge in [-0.3, -0.25) is 9.79 Å². The summed E-state index contributed by atoms with van der Waals surface area (Å²) in [5.74, 6) is 1.14. The van der Waals surface area contributed by atoms with Crippen LogP contribution >= 0.6 is 11.3 Å². The van der Waals surface area contributed by atoms with Crippen molar-refractivity contribution in [3.8, 4) is 0 Å². The molecule has 0 saturated heterocycles. The molecule has 152 valence electrons. The molecule has 1 aromatic carbocycles. The van der Waals surface area contributed by atoms with E-state index in [0.29, 0.717) is 18.9 Å². The van der Waals surface area contributed by atoms with Crippen LogP contribution in [-0.2, 0) is 24.2 Å². The van der Waals surface area contributed by atoms with Gasteiger partial charge in [0.05, 0.1) is 5.01 Å². The molecule has 0 atom stereocenters. The van der Waals surface area contributed by atoms with Gasteiger partial charge in [0.15, 0.2) is 5.96 Å². The van der Waals surface area contributed by atoms with E-state index in [4.69, 9.17) is 0 Å². The van der Waals surface area contributed by atoms with Gasteiger partial charge in [0, 0.05) is 49.7 Å². The average molecular weight is 402 g/mol. The lowest BCUT2D eigenvalue weighted by atomic mass is 10.1. The molecule has 0 aliphatic carbocycles. The van der Waals surface area contributed by atoms with Gasteiger partial charge in [0.25, 0.3) is 0 Å². The topological polar surface area (TPSA) is 78.4 Å². The maximum Gasteiger partial charge on any atom is 0.224 e. The molecular formula is C21H31N5OS. The van der Waals surface area contributed by atoms with Crippen LogP contribution in [0.15, 0.2) is 35.5 Å². The molecule has 1 amide bonds. The largest absolute Gasteiger partial charge is 0.356 e. The van der Waals surface area contributed by atoms with Gasteiger partial charge in [0.2, 0.25) is 5.91 Å². The molecule has 0 radical (unpaired) electrons. The van der Waals surface area contributed by atoms with Crippen LogP contribution in [0, 0.1) is 5.92 Å². The molecule has 0 aliphatic rings. The van der Waals surface area contributed by atoms with Crippen LogP contribution in [0.5, 0.6) is 0 Å². The first-order valence-corrected chi connectivity index (χ1v) is 10.6. The number of guanidine groups is 1. The molecule has 1 heterocycles. The third-order valence-corrected chi connectivity index (χ3v) is 5.27. The minimum absolute atomic E-state index is 0.0472. The predicted octanol–water partition coefficient (Wildman–Crippen LogP) is 3.60. The van der Waals surface area contributed by atoms with Crippen LogP contribution in [0.3, 0.4) is 0 Å². The lowest BCUT2D eigenvalue weighted by Crippen LogP contribution is -2.37. The third-order valence-electron chi connectivity index (χ3n) is 4.07. The van der Waals surface area contributed by atoms with E-state index >= 15 is 0 Å². The van der Waals surface area contributed by atoms with E-state index in [2.05, 4.69) is 32.9 Å². The number of carbonyl (C=O) groups is 1. The van der Waals surface area contributed by atoms with E-state index < -0.39 is 0 Å². The number of rotatable bonds is 9. The highest BCUT2D eigenvalue weighted by Crippen LogP contribution is 2.14. The van der Waals surface area contributed by atoms with Crippen molar-refractivity contribution in [2.45, 2.75) is 46.6 Å². The molecule has 1 aromatic heterocycles. The summed E-state index contributed by atoms with van der Waals surface area (Å²) in [6.07, 6.45) is 4.39. The quantitative estimate of drug-likeness (QED) is 0.443. The molecule has 0 aliphatic heterocycles. The van der Waals surface area contributed by atoms with Crippen LogP contribution in [0.2, 0.25) is 0 Å². The van der Waals surface area contributed by atoms with E-state index in [1.165, 1.54) is 4.88 Å². The fourth-order valence-electron chi connectivity index (χ4n) is 2.66. The number of benzene rings is 1. The molecular weight excluding hydrogens is 370 g/mol. The van der Waals surface area contributed by atoms with Crippen molar-refractivity contribution in [3.05, 3.63) is 45.9 Å². The lowest BCUT2D eigenvalue weighted by molar-refractivity contribution is -0.116. The second kappa shape index (κ2) is 11.4. The Kier molecular flexibility index (Phi) is 8.94. The Morgan fingerprint density at radius 2 is 2.11 bits per heavy atom. The van der Waals surface area contributed by atoms with Gasteiger partial charge >= 0.3 is 0 Å². The van der Waals surface area contributed by atoms with E-state index in [0.717, 1.165) is 41.6 Å². The summed E-state index contributed by atoms with van der Waals surface area (Å²) in [4.78, 5) is 22.0. The van der Waals surface area contributed by atoms with Crippen molar-refractivity contribution in [2.24, 2.45) is 10.9 Å². The summed E-state index contributed by atoms with van der Waals surface area (Å²) >= 11 is 1.77. The Labute approximate surface area is 171 Å². The Hall–Kier alpha value is -2.41. The Morgan fingerprint density at radius 3 is 2.79 bits per heavy atom. The zero-order valence-electron chi connectivity index (χ0n) is 17.2. The summed E-state index contributed by atoms with van der Waals surface area (Å²) in [6, 6.07) is 7.87. The van der Waals surface area contributed by atoms with Crippen LogP contribution in [0.1, 0.15) is 42.6 Å². The molecule has 0 unspecified atom stereocenters. The third kappa shape index (κ3) is 7.68. The predicted molar refractivity (Wildman–Crippen MR) is 118 cm³/mol. The number of nitrogens with zero attached hydrogens (tertiary/aromatic N) is 2. The van der Waals surface area contributed by atoms with Gasteiger partial charge in [-0.2, -0.15) is 0 Å². The molecule has 0 saturated carbocycles. The first-order valence-electron chi connectivity index (χ1n) is 9.77. The van der Waals surface area contributed by atoms with Crippen molar-refractivity contribution in [3.63, 3.8) is 0 Å². The number of hydrogen-bond donors (Lipinski definition) is 3. The summed E-state index contributed by atoms with van der Waals surface area (Å²) in [5.41, 5.74) is 1.90. The first kappa shape index (κ1) is 21.9. The molecule has 0 fully saturated rings. The number of amides is 1. The second-order valence-electron chi connectivity index (χ2n) is 7.02. The highest BCUT2D eigenvalue weighted by atomic mass is 32.1. The average Bonchev–Trinajstić information content (AvgIpc) is 3.12. The van der Waals surface area contributed by atoms with E-state index in [1.807, 2.05) is 44.3 Å². The summed E-state index contributed by atoms with van der Waals surface area (Å²) in [6.45, 7) is 7.63. The van der Waals surface area contributed by atoms with Gasteiger partial charge < -0.3 is 16.0 Å². The molecule has 0 spiro atoms. The molecule has 28 heavy (non-hydrogen) atoms. The van der Waals surface area contributed by atoms with Crippen molar-refractivity contribution in [1.82, 2.24) is 15.6 Å². The van der Waals surface area contributed by atoms with Gasteiger partial charge in [-0.1, -0.05) is 32.9 Å². The molecule has 2 rings (SSSR count). The second-order valence-corrected chi connectivity index (χ2v) is 8.22. The summed E-state index contributed by atoms with van der Waals surface area (Å²) in [5, 5.41) is 10.7. The standard InChI is InChI=1S/C21H31N5OS/c1-5-18-14-24-20(28-18)9-10-23-21(22-4)25-13-16-7-6-8-17(12-16)26-19(27)11-15(2)3/h6-8,12,14-15H,5,9-11,13H2,1-4H3,(H,26,27)(H2,22,23,25). The van der Waals surface area contributed by atoms with Crippen molar-refractivity contribution in [1.29, 1.82) is 0 Å². The zero-order chi connectivity index (χ0) is 20.4. The van der Waals surface area contributed by atoms with Crippen LogP contribution in [-0.4, -0.2) is 30.4 Å². The first-order chi connectivity index (χ1) is 13.5. The SMILES string of the molecule is CCc1cnc(CCNC(=NC)NCc2cccc(NC(=O)CC(C)C)c2)s1. The van der Waals surface area contributed by atoms with Crippen molar-refractivity contribution in [2.75, 3.05) is 18.9 Å². The number of anilines is 1. The van der Waals surface area contributed by atoms with E-state index in [1.54, 1.807) is 18.4 Å². The lowest BCUT2D eigenvalue weighted by Gasteiger charge is -2.13. The summed E-state index contributed by atoms with van der Waals surface area (Å²) < 4.78 is 0. The number of aryl methyl sites for hydroxylation is 1. The van der Waals surface area contributed by atoms with Gasteiger partial charge in [-0.15, -0.1) is 11.3 Å². The number of aromatic nitrogens is 1. The zero-order valence-corrected chi connectivity index (χ0v) is 18.0. The van der Waals surface area contributed by atoms with Crippen LogP contribution in [0.4, 0.5) is 5.69 Å². The van der Waals surface area contributed by atoms with Crippen molar-refractivity contribution >= 4 is 28.9 Å². The molecule has 2 aromatic rings. The van der Waals surface area contributed by atoms with Gasteiger partial charge in [0.1, 0.15) is 0 Å². The Bertz CT molecular complexity index is 785.